The first-order valence-electron chi connectivity index (χ1n) is 25.4. The number of aromatic nitrogens is 2. The van der Waals surface area contributed by atoms with Crippen LogP contribution in [0.2, 0.25) is 0 Å². The zero-order valence-electron chi connectivity index (χ0n) is 42.4. The summed E-state index contributed by atoms with van der Waals surface area (Å²) >= 11 is 0. The van der Waals surface area contributed by atoms with E-state index in [1.807, 2.05) is 42.6 Å². The number of nitrogens with zero attached hydrogens (tertiary/aromatic N) is 4. The van der Waals surface area contributed by atoms with Gasteiger partial charge >= 0.3 is 12.1 Å². The Bertz CT molecular complexity index is 4030. The molecule has 0 amide bonds. The number of halogens is 3. The number of alkyl halides is 3. The van der Waals surface area contributed by atoms with Crippen molar-refractivity contribution in [2.45, 2.75) is 50.6 Å². The largest absolute Gasteiger partial charge is 0.490 e. The number of ether oxygens (including phenoxy) is 12. The molecule has 0 spiro atoms. The Morgan fingerprint density at radius 2 is 1.07 bits per heavy atom. The van der Waals surface area contributed by atoms with Crippen molar-refractivity contribution in [1.29, 1.82) is 10.5 Å². The normalized spacial score (nSPS) is 15.2. The smallest absolute Gasteiger partial charge is 0.475 e. The highest BCUT2D eigenvalue weighted by atomic mass is 19.4. The number of rotatable bonds is 4. The maximum absolute atomic E-state index is 10.6. The standard InChI is InChI=1S/2C19H14N2O4.C19H13NO4.C2HF3O2/c20-19-16-10(3-4-13-18(16)25-8-22-13)11-2-1-9-5-14-15(24-7-23-14)6-12(9)17(11)21-19;20-8-13(3-1-12-2-5-16-18(7-12)24-10-22-16)14-4-6-17-19(15(14)9-21)25-11-23-17;1-2-12-11-3-4-15-19(24-9-21-15)14(11)7-20-18(12)13-6-17-16(5-10(1)13)22-8-23-17;3-2(4,5)1(6)7/h3-6H,1-2,7-8H2,(H2,20,21);2,4-7,13H,1,3,10-11H2;3-7H,1-2,8-9H2;(H,6,7). The molecule has 408 valence electrons. The van der Waals surface area contributed by atoms with Gasteiger partial charge in [0.1, 0.15) is 17.5 Å². The maximum Gasteiger partial charge on any atom is 0.490 e. The highest BCUT2D eigenvalue weighted by molar-refractivity contribution is 6.03. The van der Waals surface area contributed by atoms with Gasteiger partial charge in [0.05, 0.1) is 28.8 Å². The van der Waals surface area contributed by atoms with E-state index in [4.69, 9.17) is 82.4 Å². The quantitative estimate of drug-likeness (QED) is 0.166. The number of fused-ring (bicyclic) bond motifs is 18. The number of anilines is 1. The number of carboxylic acid groups (broad SMARTS) is 1. The number of carbonyl (C=O) groups is 1. The molecule has 22 heteroatoms. The van der Waals surface area contributed by atoms with E-state index in [-0.39, 0.29) is 34.0 Å². The Hall–Kier alpha value is -10.2. The number of pyridine rings is 2. The van der Waals surface area contributed by atoms with E-state index in [2.05, 4.69) is 42.5 Å². The molecule has 0 bridgehead atoms. The van der Waals surface area contributed by atoms with Crippen molar-refractivity contribution in [3.8, 4) is 104 Å². The Kier molecular flexibility index (Phi) is 12.6. The summed E-state index contributed by atoms with van der Waals surface area (Å²) in [5.41, 5.74) is 17.5. The molecule has 6 aromatic carbocycles. The third kappa shape index (κ3) is 9.09. The predicted molar refractivity (Wildman–Crippen MR) is 278 cm³/mol. The zero-order chi connectivity index (χ0) is 55.5. The molecule has 16 rings (SSSR count). The monoisotopic (exact) mass is 1100 g/mol. The minimum absolute atomic E-state index is 0.0991. The van der Waals surface area contributed by atoms with Crippen LogP contribution in [-0.2, 0) is 36.9 Å². The number of aliphatic carboxylic acids is 1. The second-order valence-corrected chi connectivity index (χ2v) is 19.2. The van der Waals surface area contributed by atoms with Gasteiger partial charge in [-0.1, -0.05) is 18.2 Å². The van der Waals surface area contributed by atoms with Gasteiger partial charge < -0.3 is 67.7 Å². The van der Waals surface area contributed by atoms with E-state index in [0.29, 0.717) is 53.8 Å². The molecule has 8 heterocycles. The molecule has 0 saturated heterocycles. The molecule has 0 saturated carbocycles. The van der Waals surface area contributed by atoms with Gasteiger partial charge in [-0.3, -0.25) is 4.98 Å². The lowest BCUT2D eigenvalue weighted by molar-refractivity contribution is -0.192. The lowest BCUT2D eigenvalue weighted by atomic mass is 9.86. The first-order valence-corrected chi connectivity index (χ1v) is 25.4. The van der Waals surface area contributed by atoms with Crippen LogP contribution < -0.4 is 62.6 Å². The maximum atomic E-state index is 10.6. The molecule has 81 heavy (non-hydrogen) atoms. The van der Waals surface area contributed by atoms with E-state index in [9.17, 15) is 23.7 Å². The van der Waals surface area contributed by atoms with Crippen LogP contribution in [0.25, 0.3) is 44.1 Å². The molecule has 6 aliphatic heterocycles. The Morgan fingerprint density at radius 1 is 0.580 bits per heavy atom. The van der Waals surface area contributed by atoms with Gasteiger partial charge in [0, 0.05) is 22.7 Å². The van der Waals surface area contributed by atoms with Crippen molar-refractivity contribution in [2.75, 3.05) is 46.5 Å². The average molecular weight is 1100 g/mol. The Balaban J connectivity index is 0.000000108. The van der Waals surface area contributed by atoms with Crippen LogP contribution in [0.4, 0.5) is 19.0 Å². The SMILES string of the molecule is N#Cc1c(C(C#N)CCc2ccc3c(c2)OCO3)ccc2c1OCO2.Nc1nc2c(c3ccc4c(c13)OCO4)CCc1cc3c(cc1-2)OCO3.O=C(O)C(F)(F)F.c1c2c(cc3c1OCO3)-c1ncc3c4c(ccc3c1CC2)OCO4. The van der Waals surface area contributed by atoms with Crippen molar-refractivity contribution in [2.24, 2.45) is 0 Å². The summed E-state index contributed by atoms with van der Waals surface area (Å²) in [6.45, 7) is 1.39. The first-order chi connectivity index (χ1) is 39.4. The minimum atomic E-state index is -5.08. The molecule has 8 aromatic rings. The third-order valence-electron chi connectivity index (χ3n) is 14.8. The van der Waals surface area contributed by atoms with Crippen LogP contribution in [0.5, 0.6) is 69.0 Å². The van der Waals surface area contributed by atoms with Crippen LogP contribution in [0.1, 0.15) is 51.3 Å². The minimum Gasteiger partial charge on any atom is -0.475 e. The highest BCUT2D eigenvalue weighted by Gasteiger charge is 2.38. The van der Waals surface area contributed by atoms with Crippen molar-refractivity contribution in [3.05, 3.63) is 124 Å². The van der Waals surface area contributed by atoms with Crippen molar-refractivity contribution >= 4 is 33.3 Å². The lowest BCUT2D eigenvalue weighted by Crippen LogP contribution is -2.21. The van der Waals surface area contributed by atoms with E-state index in [0.717, 1.165) is 122 Å². The second kappa shape index (κ2) is 20.2. The van der Waals surface area contributed by atoms with Gasteiger partial charge in [0.15, 0.2) is 69.0 Å². The predicted octanol–water partition coefficient (Wildman–Crippen LogP) is 10.4. The molecular weight excluding hydrogens is 1060 g/mol. The van der Waals surface area contributed by atoms with Gasteiger partial charge in [-0.15, -0.1) is 0 Å². The molecule has 2 aliphatic carbocycles. The molecule has 2 aromatic heterocycles. The molecule has 1 atom stereocenters. The number of aryl methyl sites for hydroxylation is 5. The number of carboxylic acids is 1. The van der Waals surface area contributed by atoms with E-state index in [1.165, 1.54) is 27.6 Å². The molecule has 8 aliphatic rings. The topological polar surface area (TPSA) is 247 Å². The molecular formula is C59H42F3N5O14. The molecule has 19 nitrogen and oxygen atoms in total. The zero-order valence-corrected chi connectivity index (χ0v) is 42.4. The lowest BCUT2D eigenvalue weighted by Gasteiger charge is -2.22. The van der Waals surface area contributed by atoms with Crippen LogP contribution in [0, 0.1) is 22.7 Å². The van der Waals surface area contributed by atoms with E-state index in [1.54, 1.807) is 12.1 Å². The van der Waals surface area contributed by atoms with Crippen LogP contribution in [-0.4, -0.2) is 68.0 Å². The fourth-order valence-electron chi connectivity index (χ4n) is 11.0. The summed E-state index contributed by atoms with van der Waals surface area (Å²) in [6, 6.07) is 30.1. The van der Waals surface area contributed by atoms with Crippen LogP contribution in [0.15, 0.2) is 85.1 Å². The summed E-state index contributed by atoms with van der Waals surface area (Å²) in [5.74, 6) is 5.97. The van der Waals surface area contributed by atoms with Crippen molar-refractivity contribution in [1.82, 2.24) is 9.97 Å². The number of nitriles is 2. The van der Waals surface area contributed by atoms with Gasteiger partial charge in [0.2, 0.25) is 40.8 Å². The molecule has 3 N–H and O–H groups in total. The summed E-state index contributed by atoms with van der Waals surface area (Å²) in [7, 11) is 0. The first kappa shape index (κ1) is 50.3. The third-order valence-corrected chi connectivity index (χ3v) is 14.8. The second-order valence-electron chi connectivity index (χ2n) is 19.2. The summed E-state index contributed by atoms with van der Waals surface area (Å²) in [4.78, 5) is 18.4. The summed E-state index contributed by atoms with van der Waals surface area (Å²) in [5, 5.41) is 30.4. The molecule has 0 radical (unpaired) electrons. The van der Waals surface area contributed by atoms with Gasteiger partial charge in [0.25, 0.3) is 0 Å². The molecule has 1 unspecified atom stereocenters. The fraction of sp³-hybridized carbons (Fsp3) is 0.237. The number of nitrogens with two attached hydrogens (primary N) is 1. The summed E-state index contributed by atoms with van der Waals surface area (Å²) in [6.07, 6.45) is 1.82. The summed E-state index contributed by atoms with van der Waals surface area (Å²) < 4.78 is 97.4. The average Bonchev–Trinajstić information content (AvgIpc) is 4.51. The van der Waals surface area contributed by atoms with E-state index >= 15 is 0 Å². The van der Waals surface area contributed by atoms with E-state index < -0.39 is 18.1 Å². The number of hydrogen-bond donors (Lipinski definition) is 2. The van der Waals surface area contributed by atoms with Crippen LogP contribution in [0.3, 0.4) is 0 Å². The molecule has 0 fully saturated rings. The number of nitrogen functional groups attached to an aromatic ring is 1. The van der Waals surface area contributed by atoms with Crippen molar-refractivity contribution in [3.63, 3.8) is 0 Å². The van der Waals surface area contributed by atoms with Gasteiger partial charge in [-0.25, -0.2) is 9.78 Å². The number of hydrogen-bond acceptors (Lipinski definition) is 18. The Morgan fingerprint density at radius 3 is 1.70 bits per heavy atom. The van der Waals surface area contributed by atoms with Gasteiger partial charge in [-0.2, -0.15) is 23.7 Å². The highest BCUT2D eigenvalue weighted by Crippen LogP contribution is 2.50. The number of benzene rings is 6. The van der Waals surface area contributed by atoms with Crippen LogP contribution >= 0.6 is 0 Å². The fourth-order valence-corrected chi connectivity index (χ4v) is 11.0. The van der Waals surface area contributed by atoms with Gasteiger partial charge in [-0.05, 0) is 143 Å². The Labute approximate surface area is 457 Å². The van der Waals surface area contributed by atoms with Crippen molar-refractivity contribution < 1.29 is 79.9 Å².